The van der Waals surface area contributed by atoms with Gasteiger partial charge in [0.1, 0.15) is 5.69 Å². The molecule has 1 amide bonds. The van der Waals surface area contributed by atoms with Gasteiger partial charge in [-0.15, -0.1) is 0 Å². The van der Waals surface area contributed by atoms with E-state index in [0.29, 0.717) is 5.56 Å². The smallest absolute Gasteiger partial charge is 0.416 e. The van der Waals surface area contributed by atoms with Gasteiger partial charge in [-0.3, -0.25) is 9.48 Å². The molecule has 0 bridgehead atoms. The van der Waals surface area contributed by atoms with Crippen molar-refractivity contribution in [1.29, 1.82) is 0 Å². The summed E-state index contributed by atoms with van der Waals surface area (Å²) in [5.41, 5.74) is 2.43. The Balaban J connectivity index is 1.90. The van der Waals surface area contributed by atoms with Gasteiger partial charge in [-0.25, -0.2) is 5.43 Å². The monoisotopic (exact) mass is 402 g/mol. The molecule has 0 atom stereocenters. The van der Waals surface area contributed by atoms with Gasteiger partial charge in [-0.05, 0) is 31.2 Å². The SMILES string of the molecule is C/C(=N\NC(=O)c1ccccc1)c1nn(C)c(-c2cccc(C(F)(F)F)c2)c1O. The fourth-order valence-corrected chi connectivity index (χ4v) is 2.76. The van der Waals surface area contributed by atoms with E-state index in [0.717, 1.165) is 12.1 Å². The second-order valence-electron chi connectivity index (χ2n) is 6.25. The Morgan fingerprint density at radius 2 is 1.83 bits per heavy atom. The number of aromatic hydroxyl groups is 1. The number of benzene rings is 2. The van der Waals surface area contributed by atoms with Gasteiger partial charge < -0.3 is 5.11 Å². The molecule has 0 aliphatic rings. The Morgan fingerprint density at radius 1 is 1.14 bits per heavy atom. The number of hydrazone groups is 1. The number of hydrogen-bond donors (Lipinski definition) is 2. The Bertz CT molecular complexity index is 1070. The van der Waals surface area contributed by atoms with Crippen molar-refractivity contribution in [2.24, 2.45) is 12.1 Å². The zero-order chi connectivity index (χ0) is 21.2. The lowest BCUT2D eigenvalue weighted by molar-refractivity contribution is -0.137. The van der Waals surface area contributed by atoms with Crippen molar-refractivity contribution in [3.63, 3.8) is 0 Å². The third-order valence-corrected chi connectivity index (χ3v) is 4.19. The van der Waals surface area contributed by atoms with E-state index < -0.39 is 17.6 Å². The van der Waals surface area contributed by atoms with Crippen LogP contribution in [0.1, 0.15) is 28.5 Å². The number of amides is 1. The van der Waals surface area contributed by atoms with Gasteiger partial charge in [0.15, 0.2) is 11.4 Å². The van der Waals surface area contributed by atoms with Gasteiger partial charge in [-0.2, -0.15) is 23.4 Å². The largest absolute Gasteiger partial charge is 0.504 e. The normalized spacial score (nSPS) is 12.1. The van der Waals surface area contributed by atoms with Crippen LogP contribution in [0, 0.1) is 0 Å². The van der Waals surface area contributed by atoms with Gasteiger partial charge in [-0.1, -0.05) is 30.3 Å². The van der Waals surface area contributed by atoms with Crippen molar-refractivity contribution in [2.75, 3.05) is 0 Å². The van der Waals surface area contributed by atoms with Crippen LogP contribution in [0.25, 0.3) is 11.3 Å². The summed E-state index contributed by atoms with van der Waals surface area (Å²) in [7, 11) is 1.49. The number of carbonyl (C=O) groups is 1. The van der Waals surface area contributed by atoms with E-state index in [1.54, 1.807) is 30.3 Å². The predicted molar refractivity (Wildman–Crippen MR) is 101 cm³/mol. The van der Waals surface area contributed by atoms with E-state index in [9.17, 15) is 23.1 Å². The highest BCUT2D eigenvalue weighted by atomic mass is 19.4. The van der Waals surface area contributed by atoms with Crippen LogP contribution < -0.4 is 5.43 Å². The van der Waals surface area contributed by atoms with Crippen LogP contribution in [0.2, 0.25) is 0 Å². The lowest BCUT2D eigenvalue weighted by Gasteiger charge is -2.09. The number of nitrogens with one attached hydrogen (secondary N) is 1. The highest BCUT2D eigenvalue weighted by molar-refractivity contribution is 6.02. The lowest BCUT2D eigenvalue weighted by Crippen LogP contribution is -2.19. The number of carbonyl (C=O) groups excluding carboxylic acids is 1. The number of halogens is 3. The molecule has 6 nitrogen and oxygen atoms in total. The molecule has 0 unspecified atom stereocenters. The average Bonchev–Trinajstić information content (AvgIpc) is 3.00. The molecule has 9 heteroatoms. The van der Waals surface area contributed by atoms with Gasteiger partial charge in [0, 0.05) is 18.2 Å². The first-order chi connectivity index (χ1) is 13.7. The van der Waals surface area contributed by atoms with Crippen molar-refractivity contribution < 1.29 is 23.1 Å². The molecule has 0 saturated heterocycles. The van der Waals surface area contributed by atoms with Crippen molar-refractivity contribution in [3.05, 3.63) is 71.4 Å². The lowest BCUT2D eigenvalue weighted by atomic mass is 10.1. The minimum atomic E-state index is -4.51. The minimum absolute atomic E-state index is 0.0493. The Kier molecular flexibility index (Phi) is 5.40. The van der Waals surface area contributed by atoms with Crippen LogP contribution in [0.5, 0.6) is 5.75 Å². The topological polar surface area (TPSA) is 79.5 Å². The fourth-order valence-electron chi connectivity index (χ4n) is 2.76. The van der Waals surface area contributed by atoms with Gasteiger partial charge >= 0.3 is 6.18 Å². The molecule has 0 radical (unpaired) electrons. The zero-order valence-corrected chi connectivity index (χ0v) is 15.5. The molecule has 0 spiro atoms. The second kappa shape index (κ2) is 7.78. The standard InChI is InChI=1S/C20H17F3N4O2/c1-12(24-25-19(29)13-7-4-3-5-8-13)16-18(28)17(27(2)26-16)14-9-6-10-15(11-14)20(21,22)23/h3-11,28H,1-2H3,(H,25,29)/b24-12+. The van der Waals surface area contributed by atoms with E-state index in [2.05, 4.69) is 15.6 Å². The third-order valence-electron chi connectivity index (χ3n) is 4.19. The minimum Gasteiger partial charge on any atom is -0.504 e. The first-order valence-corrected chi connectivity index (χ1v) is 8.52. The van der Waals surface area contributed by atoms with Crippen molar-refractivity contribution in [3.8, 4) is 17.0 Å². The molecule has 0 aliphatic heterocycles. The summed E-state index contributed by atoms with van der Waals surface area (Å²) in [5, 5.41) is 18.6. The number of nitrogens with zero attached hydrogens (tertiary/aromatic N) is 3. The van der Waals surface area contributed by atoms with Crippen molar-refractivity contribution in [1.82, 2.24) is 15.2 Å². The molecule has 0 saturated carbocycles. The van der Waals surface area contributed by atoms with Crippen molar-refractivity contribution >= 4 is 11.6 Å². The molecule has 0 fully saturated rings. The van der Waals surface area contributed by atoms with Gasteiger partial charge in [0.2, 0.25) is 0 Å². The molecular weight excluding hydrogens is 385 g/mol. The highest BCUT2D eigenvalue weighted by Gasteiger charge is 2.31. The molecule has 0 aliphatic carbocycles. The molecule has 150 valence electrons. The number of hydrogen-bond acceptors (Lipinski definition) is 4. The molecular formula is C20H17F3N4O2. The summed E-state index contributed by atoms with van der Waals surface area (Å²) in [6.07, 6.45) is -4.51. The van der Waals surface area contributed by atoms with Crippen LogP contribution in [-0.2, 0) is 13.2 Å². The van der Waals surface area contributed by atoms with E-state index in [4.69, 9.17) is 0 Å². The number of aromatic nitrogens is 2. The van der Waals surface area contributed by atoms with Crippen molar-refractivity contribution in [2.45, 2.75) is 13.1 Å². The predicted octanol–water partition coefficient (Wildman–Crippen LogP) is 3.97. The Hall–Kier alpha value is -3.62. The maximum Gasteiger partial charge on any atom is 0.416 e. The zero-order valence-electron chi connectivity index (χ0n) is 15.5. The molecule has 2 N–H and O–H groups in total. The average molecular weight is 402 g/mol. The first kappa shape index (κ1) is 20.1. The Labute approximate surface area is 164 Å². The summed E-state index contributed by atoms with van der Waals surface area (Å²) in [4.78, 5) is 12.1. The third kappa shape index (κ3) is 4.29. The highest BCUT2D eigenvalue weighted by Crippen LogP contribution is 2.36. The molecule has 3 aromatic rings. The van der Waals surface area contributed by atoms with Crippen LogP contribution in [0.3, 0.4) is 0 Å². The van der Waals surface area contributed by atoms with E-state index in [-0.39, 0.29) is 28.4 Å². The first-order valence-electron chi connectivity index (χ1n) is 8.52. The van der Waals surface area contributed by atoms with Gasteiger partial charge in [0.05, 0.1) is 11.3 Å². The summed E-state index contributed by atoms with van der Waals surface area (Å²) in [6, 6.07) is 13.0. The quantitative estimate of drug-likeness (QED) is 0.512. The van der Waals surface area contributed by atoms with Crippen LogP contribution in [0.15, 0.2) is 59.7 Å². The van der Waals surface area contributed by atoms with E-state index in [1.165, 1.54) is 30.8 Å². The van der Waals surface area contributed by atoms with E-state index in [1.807, 2.05) is 0 Å². The van der Waals surface area contributed by atoms with E-state index >= 15 is 0 Å². The van der Waals surface area contributed by atoms with Crippen LogP contribution >= 0.6 is 0 Å². The fraction of sp³-hybridized carbons (Fsp3) is 0.150. The van der Waals surface area contributed by atoms with Crippen LogP contribution in [0.4, 0.5) is 13.2 Å². The second-order valence-corrected chi connectivity index (χ2v) is 6.25. The summed E-state index contributed by atoms with van der Waals surface area (Å²) < 4.78 is 40.2. The maximum atomic E-state index is 13.0. The molecule has 1 aromatic heterocycles. The molecule has 29 heavy (non-hydrogen) atoms. The number of aryl methyl sites for hydroxylation is 1. The molecule has 3 rings (SSSR count). The number of alkyl halides is 3. The number of rotatable bonds is 4. The summed E-state index contributed by atoms with van der Waals surface area (Å²) in [5.74, 6) is -0.777. The summed E-state index contributed by atoms with van der Waals surface area (Å²) in [6.45, 7) is 1.52. The summed E-state index contributed by atoms with van der Waals surface area (Å²) >= 11 is 0. The maximum absolute atomic E-state index is 13.0. The van der Waals surface area contributed by atoms with Crippen LogP contribution in [-0.4, -0.2) is 26.5 Å². The molecule has 1 heterocycles. The Morgan fingerprint density at radius 3 is 2.48 bits per heavy atom. The molecule has 2 aromatic carbocycles. The van der Waals surface area contributed by atoms with Gasteiger partial charge in [0.25, 0.3) is 5.91 Å².